The number of hydrogen-bond acceptors (Lipinski definition) is 7. The van der Waals surface area contributed by atoms with E-state index in [4.69, 9.17) is 14.9 Å². The van der Waals surface area contributed by atoms with Crippen molar-refractivity contribution in [2.75, 3.05) is 0 Å². The highest BCUT2D eigenvalue weighted by molar-refractivity contribution is 5.55. The number of fused-ring (bicyclic) bond motifs is 1. The molecular weight excluding hydrogens is 314 g/mol. The molecule has 2 aromatic rings. The molecule has 8 heteroatoms. The van der Waals surface area contributed by atoms with Crippen LogP contribution < -0.4 is 16.1 Å². The Hall–Kier alpha value is -3.60. The van der Waals surface area contributed by atoms with Gasteiger partial charge in [-0.05, 0) is 12.5 Å². The Balaban J connectivity index is 2.23. The minimum atomic E-state index is -0.809. The van der Waals surface area contributed by atoms with Gasteiger partial charge in [-0.2, -0.15) is 5.26 Å². The van der Waals surface area contributed by atoms with Gasteiger partial charge in [-0.1, -0.05) is 12.1 Å². The van der Waals surface area contributed by atoms with Crippen LogP contribution in [0.3, 0.4) is 0 Å². The highest BCUT2D eigenvalue weighted by Crippen LogP contribution is 2.40. The molecule has 0 aliphatic carbocycles. The summed E-state index contributed by atoms with van der Waals surface area (Å²) in [6.45, 7) is 1.59. The van der Waals surface area contributed by atoms with Gasteiger partial charge in [0.25, 0.3) is 5.69 Å². The smallest absolute Gasteiger partial charge is 0.343 e. The van der Waals surface area contributed by atoms with E-state index in [2.05, 4.69) is 0 Å². The van der Waals surface area contributed by atoms with Crippen molar-refractivity contribution in [3.63, 3.8) is 0 Å². The molecule has 3 rings (SSSR count). The molecule has 2 heterocycles. The number of aryl methyl sites for hydroxylation is 1. The van der Waals surface area contributed by atoms with Crippen LogP contribution in [0.15, 0.2) is 51.0 Å². The fourth-order valence-corrected chi connectivity index (χ4v) is 2.64. The number of allylic oxidation sites excluding steroid dienone is 1. The standard InChI is InChI=1S/C16H11N3O5/c1-8-6-12-14(16(20)23-8)13(11(7-17)15(18)24-12)9-2-4-10(5-3-9)19(21)22/h2-6,13H,18H2,1H3/t13-/m1/s1. The first kappa shape index (κ1) is 15.3. The van der Waals surface area contributed by atoms with Crippen molar-refractivity contribution < 1.29 is 14.1 Å². The molecule has 0 amide bonds. The molecule has 8 nitrogen and oxygen atoms in total. The molecule has 1 aromatic carbocycles. The van der Waals surface area contributed by atoms with Gasteiger partial charge < -0.3 is 14.9 Å². The van der Waals surface area contributed by atoms with E-state index in [1.807, 2.05) is 6.07 Å². The zero-order chi connectivity index (χ0) is 17.4. The van der Waals surface area contributed by atoms with Crippen molar-refractivity contribution in [2.45, 2.75) is 12.8 Å². The first-order valence-corrected chi connectivity index (χ1v) is 6.89. The number of ether oxygens (including phenoxy) is 1. The molecule has 0 bridgehead atoms. The molecule has 0 unspecified atom stereocenters. The largest absolute Gasteiger partial charge is 0.440 e. The minimum Gasteiger partial charge on any atom is -0.440 e. The maximum Gasteiger partial charge on any atom is 0.343 e. The van der Waals surface area contributed by atoms with Crippen LogP contribution in [0.2, 0.25) is 0 Å². The van der Waals surface area contributed by atoms with E-state index in [0.29, 0.717) is 11.3 Å². The lowest BCUT2D eigenvalue weighted by molar-refractivity contribution is -0.384. The van der Waals surface area contributed by atoms with Gasteiger partial charge in [-0.3, -0.25) is 10.1 Å². The third-order valence-corrected chi connectivity index (χ3v) is 3.69. The molecule has 0 spiro atoms. The van der Waals surface area contributed by atoms with E-state index >= 15 is 0 Å². The normalized spacial score (nSPS) is 16.1. The number of nitro groups is 1. The van der Waals surface area contributed by atoms with Crippen molar-refractivity contribution in [3.8, 4) is 11.8 Å². The lowest BCUT2D eigenvalue weighted by Gasteiger charge is -2.25. The lowest BCUT2D eigenvalue weighted by atomic mass is 9.84. The number of hydrogen-bond donors (Lipinski definition) is 1. The van der Waals surface area contributed by atoms with Crippen molar-refractivity contribution in [1.82, 2.24) is 0 Å². The van der Waals surface area contributed by atoms with Crippen molar-refractivity contribution >= 4 is 5.69 Å². The Kier molecular flexibility index (Phi) is 3.54. The Morgan fingerprint density at radius 2 is 2.00 bits per heavy atom. The molecule has 2 N–H and O–H groups in total. The molecule has 1 aliphatic heterocycles. The zero-order valence-corrected chi connectivity index (χ0v) is 12.5. The van der Waals surface area contributed by atoms with Gasteiger partial charge >= 0.3 is 5.63 Å². The van der Waals surface area contributed by atoms with Gasteiger partial charge in [-0.25, -0.2) is 4.79 Å². The number of nitriles is 1. The number of benzene rings is 1. The van der Waals surface area contributed by atoms with Crippen LogP contribution in [0, 0.1) is 28.4 Å². The van der Waals surface area contributed by atoms with Crippen LogP contribution in [0.1, 0.15) is 22.8 Å². The molecule has 1 aliphatic rings. The third-order valence-electron chi connectivity index (χ3n) is 3.69. The second-order valence-corrected chi connectivity index (χ2v) is 5.20. The average Bonchev–Trinajstić information content (AvgIpc) is 2.53. The fraction of sp³-hybridized carbons (Fsp3) is 0.125. The number of rotatable bonds is 2. The summed E-state index contributed by atoms with van der Waals surface area (Å²) < 4.78 is 10.5. The third kappa shape index (κ3) is 2.38. The van der Waals surface area contributed by atoms with Crippen LogP contribution in [-0.4, -0.2) is 4.92 Å². The van der Waals surface area contributed by atoms with E-state index in [9.17, 15) is 20.2 Å². The van der Waals surface area contributed by atoms with E-state index < -0.39 is 16.5 Å². The van der Waals surface area contributed by atoms with Gasteiger partial charge in [0.05, 0.1) is 16.4 Å². The van der Waals surface area contributed by atoms with E-state index in [1.54, 1.807) is 6.92 Å². The highest BCUT2D eigenvalue weighted by atomic mass is 16.6. The Labute approximate surface area is 135 Å². The van der Waals surface area contributed by atoms with Crippen LogP contribution in [-0.2, 0) is 0 Å². The van der Waals surface area contributed by atoms with Gasteiger partial charge in [0.1, 0.15) is 23.2 Å². The minimum absolute atomic E-state index is 0.0486. The Morgan fingerprint density at radius 3 is 2.58 bits per heavy atom. The van der Waals surface area contributed by atoms with Crippen LogP contribution in [0.25, 0.3) is 0 Å². The number of non-ortho nitro benzene ring substituents is 1. The predicted octanol–water partition coefficient (Wildman–Crippen LogP) is 2.07. The molecule has 1 atom stereocenters. The summed E-state index contributed by atoms with van der Waals surface area (Å²) >= 11 is 0. The second-order valence-electron chi connectivity index (χ2n) is 5.20. The summed E-state index contributed by atoms with van der Waals surface area (Å²) in [4.78, 5) is 22.5. The van der Waals surface area contributed by atoms with Crippen LogP contribution in [0.4, 0.5) is 5.69 Å². The SMILES string of the molecule is Cc1cc2c(c(=O)o1)[C@H](c1ccc([N+](=O)[O-])cc1)C(C#N)=C(N)O2. The van der Waals surface area contributed by atoms with Crippen molar-refractivity contribution in [3.05, 3.63) is 79.2 Å². The lowest BCUT2D eigenvalue weighted by Crippen LogP contribution is -2.26. The topological polar surface area (TPSA) is 132 Å². The summed E-state index contributed by atoms with van der Waals surface area (Å²) in [6, 6.07) is 8.99. The molecule has 0 saturated carbocycles. The number of nitrogens with zero attached hydrogens (tertiary/aromatic N) is 2. The second kappa shape index (κ2) is 5.55. The van der Waals surface area contributed by atoms with Crippen molar-refractivity contribution in [2.24, 2.45) is 5.73 Å². The van der Waals surface area contributed by atoms with Gasteiger partial charge in [0.2, 0.25) is 5.88 Å². The predicted molar refractivity (Wildman–Crippen MR) is 82.1 cm³/mol. The van der Waals surface area contributed by atoms with E-state index in [1.165, 1.54) is 30.3 Å². The summed E-state index contributed by atoms with van der Waals surface area (Å²) in [5.74, 6) is -0.368. The Morgan fingerprint density at radius 1 is 1.33 bits per heavy atom. The molecule has 0 fully saturated rings. The van der Waals surface area contributed by atoms with E-state index in [-0.39, 0.29) is 28.5 Å². The fourth-order valence-electron chi connectivity index (χ4n) is 2.64. The average molecular weight is 325 g/mol. The number of nitro benzene ring substituents is 1. The first-order valence-electron chi connectivity index (χ1n) is 6.89. The molecule has 1 aromatic heterocycles. The summed E-state index contributed by atoms with van der Waals surface area (Å²) in [5.41, 5.74) is 5.75. The van der Waals surface area contributed by atoms with Crippen LogP contribution in [0.5, 0.6) is 5.75 Å². The maximum absolute atomic E-state index is 12.3. The quantitative estimate of drug-likeness (QED) is 0.660. The number of nitrogens with two attached hydrogens (primary N) is 1. The summed E-state index contributed by atoms with van der Waals surface area (Å²) in [5, 5.41) is 20.2. The molecule has 24 heavy (non-hydrogen) atoms. The molecule has 120 valence electrons. The van der Waals surface area contributed by atoms with Gasteiger partial charge in [0.15, 0.2) is 0 Å². The monoisotopic (exact) mass is 325 g/mol. The van der Waals surface area contributed by atoms with Gasteiger partial charge in [0, 0.05) is 18.2 Å². The highest BCUT2D eigenvalue weighted by Gasteiger charge is 2.34. The zero-order valence-electron chi connectivity index (χ0n) is 12.5. The molecule has 0 saturated heterocycles. The van der Waals surface area contributed by atoms with Gasteiger partial charge in [-0.15, -0.1) is 0 Å². The van der Waals surface area contributed by atoms with Crippen LogP contribution >= 0.6 is 0 Å². The van der Waals surface area contributed by atoms with Crippen molar-refractivity contribution in [1.29, 1.82) is 5.26 Å². The Bertz CT molecular complexity index is 967. The van der Waals surface area contributed by atoms with E-state index in [0.717, 1.165) is 0 Å². The molecule has 0 radical (unpaired) electrons. The summed E-state index contributed by atoms with van der Waals surface area (Å²) in [7, 11) is 0. The molecular formula is C16H11N3O5. The maximum atomic E-state index is 12.3. The first-order chi connectivity index (χ1) is 11.4. The summed E-state index contributed by atoms with van der Waals surface area (Å²) in [6.07, 6.45) is 0.